The number of hydrogen-bond acceptors (Lipinski definition) is 9. The number of halogens is 1. The van der Waals surface area contributed by atoms with Gasteiger partial charge in [-0.1, -0.05) is 51.4 Å². The summed E-state index contributed by atoms with van der Waals surface area (Å²) in [6, 6.07) is 7.89. The highest BCUT2D eigenvalue weighted by Gasteiger charge is 2.29. The van der Waals surface area contributed by atoms with Gasteiger partial charge >= 0.3 is 5.97 Å². The van der Waals surface area contributed by atoms with Gasteiger partial charge in [0.25, 0.3) is 5.56 Å². The molecule has 1 N–H and O–H groups in total. The second-order valence-corrected chi connectivity index (χ2v) is 16.3. The van der Waals surface area contributed by atoms with Crippen LogP contribution in [0.15, 0.2) is 58.6 Å². The Kier molecular flexibility index (Phi) is 12.9. The molecule has 0 atom stereocenters. The van der Waals surface area contributed by atoms with Gasteiger partial charge in [-0.3, -0.25) is 18.7 Å². The van der Waals surface area contributed by atoms with E-state index in [-0.39, 0.29) is 27.9 Å². The van der Waals surface area contributed by atoms with Crippen LogP contribution >= 0.6 is 0 Å². The molecule has 1 aliphatic heterocycles. The second kappa shape index (κ2) is 17.8. The Balaban J connectivity index is 0.947. The zero-order chi connectivity index (χ0) is 37.4. The minimum absolute atomic E-state index is 0.0321. The number of nitrogens with zero attached hydrogens (tertiary/aromatic N) is 6. The molecular weight excluding hydrogens is 698 g/mol. The van der Waals surface area contributed by atoms with E-state index in [2.05, 4.69) is 25.0 Å². The van der Waals surface area contributed by atoms with E-state index in [1.165, 1.54) is 66.5 Å². The molecule has 1 saturated carbocycles. The van der Waals surface area contributed by atoms with Crippen molar-refractivity contribution >= 4 is 33.1 Å². The van der Waals surface area contributed by atoms with Crippen molar-refractivity contribution in [2.45, 2.75) is 101 Å². The Morgan fingerprint density at radius 3 is 2.25 bits per heavy atom. The van der Waals surface area contributed by atoms with E-state index in [0.717, 1.165) is 62.3 Å². The summed E-state index contributed by atoms with van der Waals surface area (Å²) in [4.78, 5) is 31.3. The van der Waals surface area contributed by atoms with E-state index in [0.29, 0.717) is 49.9 Å². The summed E-state index contributed by atoms with van der Waals surface area (Å²) in [6.07, 6.45) is 19.8. The third-order valence-electron chi connectivity index (χ3n) is 10.4. The highest BCUT2D eigenvalue weighted by molar-refractivity contribution is 7.89. The molecule has 12 nitrogen and oxygen atoms in total. The van der Waals surface area contributed by atoms with Crippen molar-refractivity contribution in [2.24, 2.45) is 0 Å². The topological polar surface area (TPSA) is 131 Å². The van der Waals surface area contributed by atoms with Crippen LogP contribution in [0.5, 0.6) is 0 Å². The molecular formula is C39H52FN7O5S. The van der Waals surface area contributed by atoms with Gasteiger partial charge in [0, 0.05) is 56.1 Å². The van der Waals surface area contributed by atoms with Gasteiger partial charge in [-0.05, 0) is 69.5 Å². The van der Waals surface area contributed by atoms with Crippen LogP contribution in [0.4, 0.5) is 15.9 Å². The minimum Gasteiger partial charge on any atom is -0.469 e. The Labute approximate surface area is 311 Å². The summed E-state index contributed by atoms with van der Waals surface area (Å²) in [6.45, 7) is 4.58. The molecule has 4 aromatic rings. The molecule has 0 bridgehead atoms. The maximum absolute atomic E-state index is 15.4. The summed E-state index contributed by atoms with van der Waals surface area (Å²) < 4.78 is 51.9. The average Bonchev–Trinajstić information content (AvgIpc) is 3.90. The molecule has 53 heavy (non-hydrogen) atoms. The number of unbranched alkanes of at least 4 members (excludes halogenated alkanes) is 9. The van der Waals surface area contributed by atoms with Gasteiger partial charge in [0.05, 0.1) is 35.5 Å². The molecule has 1 aromatic carbocycles. The van der Waals surface area contributed by atoms with Crippen molar-refractivity contribution in [3.8, 4) is 11.1 Å². The van der Waals surface area contributed by atoms with Crippen LogP contribution in [0.1, 0.15) is 95.1 Å². The van der Waals surface area contributed by atoms with Crippen LogP contribution in [0.3, 0.4) is 0 Å². The molecule has 0 unspecified atom stereocenters. The third kappa shape index (κ3) is 9.89. The quantitative estimate of drug-likeness (QED) is 0.0808. The Morgan fingerprint density at radius 1 is 0.906 bits per heavy atom. The smallest absolute Gasteiger partial charge is 0.305 e. The molecule has 2 fully saturated rings. The highest BCUT2D eigenvalue weighted by atomic mass is 32.2. The van der Waals surface area contributed by atoms with Crippen LogP contribution in [0, 0.1) is 12.7 Å². The summed E-state index contributed by atoms with van der Waals surface area (Å²) in [7, 11) is -2.44. The molecule has 1 aliphatic carbocycles. The fourth-order valence-corrected chi connectivity index (χ4v) is 8.33. The second-order valence-electron chi connectivity index (χ2n) is 14.4. The lowest BCUT2D eigenvalue weighted by Crippen LogP contribution is -2.48. The number of sulfonamides is 1. The first-order valence-electron chi connectivity index (χ1n) is 19.1. The lowest BCUT2D eigenvalue weighted by molar-refractivity contribution is -0.140. The van der Waals surface area contributed by atoms with Crippen molar-refractivity contribution in [2.75, 3.05) is 45.2 Å². The molecule has 286 valence electrons. The number of carbonyl (C=O) groups excluding carboxylic acids is 1. The first-order valence-corrected chi connectivity index (χ1v) is 20.5. The normalized spacial score (nSPS) is 15.6. The number of carbonyl (C=O) groups is 1. The van der Waals surface area contributed by atoms with Crippen LogP contribution in [0.2, 0.25) is 0 Å². The lowest BCUT2D eigenvalue weighted by Gasteiger charge is -2.34. The summed E-state index contributed by atoms with van der Waals surface area (Å²) >= 11 is 0. The standard InChI is InChI=1S/C39H52FN7O5S/c1-29-38(43-36-19-14-30(27-46(36)39(29)49)31-26-41-47(28-31)32-15-16-32)42-35-18-17-33(25-34(35)40)53(50,51)45-23-21-44(22-24-45)20-12-10-8-6-4-3-5-7-9-11-13-37(48)52-2/h14,17-19,25-28,32,42H,3-13,15-16,20-24H2,1-2H3. The molecule has 14 heteroatoms. The predicted molar refractivity (Wildman–Crippen MR) is 203 cm³/mol. The number of rotatable bonds is 19. The number of anilines is 2. The number of esters is 1. The van der Waals surface area contributed by atoms with Gasteiger partial charge in [0.2, 0.25) is 10.0 Å². The van der Waals surface area contributed by atoms with Crippen molar-refractivity contribution in [3.63, 3.8) is 0 Å². The monoisotopic (exact) mass is 749 g/mol. The Morgan fingerprint density at radius 2 is 1.58 bits per heavy atom. The number of pyridine rings is 1. The van der Waals surface area contributed by atoms with Crippen molar-refractivity contribution in [1.29, 1.82) is 0 Å². The average molecular weight is 750 g/mol. The zero-order valence-corrected chi connectivity index (χ0v) is 31.8. The minimum atomic E-state index is -3.88. The van der Waals surface area contributed by atoms with Gasteiger partial charge in [-0.2, -0.15) is 9.40 Å². The fraction of sp³-hybridized carbons (Fsp3) is 0.538. The maximum atomic E-state index is 15.4. The van der Waals surface area contributed by atoms with Gasteiger partial charge in [-0.15, -0.1) is 0 Å². The largest absolute Gasteiger partial charge is 0.469 e. The van der Waals surface area contributed by atoms with Gasteiger partial charge in [0.15, 0.2) is 0 Å². The Hall–Kier alpha value is -4.14. The molecule has 0 amide bonds. The predicted octanol–water partition coefficient (Wildman–Crippen LogP) is 6.85. The molecule has 1 saturated heterocycles. The highest BCUT2D eigenvalue weighted by Crippen LogP contribution is 2.35. The number of piperazine rings is 1. The molecule has 0 spiro atoms. The number of benzene rings is 1. The van der Waals surface area contributed by atoms with Crippen molar-refractivity contribution in [1.82, 2.24) is 28.4 Å². The third-order valence-corrected chi connectivity index (χ3v) is 12.3. The summed E-state index contributed by atoms with van der Waals surface area (Å²) in [5.74, 6) is -0.666. The first-order chi connectivity index (χ1) is 25.6. The molecule has 0 radical (unpaired) electrons. The molecule has 6 rings (SSSR count). The molecule has 3 aromatic heterocycles. The number of methoxy groups -OCH3 is 1. The fourth-order valence-electron chi connectivity index (χ4n) is 6.89. The number of fused-ring (bicyclic) bond motifs is 1. The molecule has 2 aliphatic rings. The van der Waals surface area contributed by atoms with Crippen LogP contribution in [-0.4, -0.2) is 82.6 Å². The SMILES string of the molecule is COC(=O)CCCCCCCCCCCCN1CCN(S(=O)(=O)c2ccc(Nc3nc4ccc(-c5cnn(C6CC6)c5)cn4c(=O)c3C)c(F)c2)CC1. The maximum Gasteiger partial charge on any atom is 0.305 e. The molecule has 4 heterocycles. The lowest BCUT2D eigenvalue weighted by atomic mass is 10.1. The van der Waals surface area contributed by atoms with Crippen molar-refractivity contribution in [3.05, 3.63) is 70.7 Å². The number of aromatic nitrogens is 4. The van der Waals surface area contributed by atoms with Crippen LogP contribution in [-0.2, 0) is 19.6 Å². The van der Waals surface area contributed by atoms with E-state index in [1.54, 1.807) is 25.4 Å². The zero-order valence-electron chi connectivity index (χ0n) is 30.9. The summed E-state index contributed by atoms with van der Waals surface area (Å²) in [5, 5.41) is 7.36. The van der Waals surface area contributed by atoms with Gasteiger partial charge < -0.3 is 15.0 Å². The number of ether oxygens (including phenoxy) is 1. The Bertz CT molecular complexity index is 2040. The van der Waals surface area contributed by atoms with E-state index >= 15 is 4.39 Å². The number of nitrogens with one attached hydrogen (secondary N) is 1. The van der Waals surface area contributed by atoms with Crippen LogP contribution < -0.4 is 10.9 Å². The van der Waals surface area contributed by atoms with E-state index in [9.17, 15) is 18.0 Å². The first kappa shape index (κ1) is 38.6. The van der Waals surface area contributed by atoms with Gasteiger partial charge in [0.1, 0.15) is 17.3 Å². The van der Waals surface area contributed by atoms with E-state index < -0.39 is 15.8 Å². The summed E-state index contributed by atoms with van der Waals surface area (Å²) in [5.41, 5.74) is 2.20. The van der Waals surface area contributed by atoms with Crippen LogP contribution in [0.25, 0.3) is 16.8 Å². The van der Waals surface area contributed by atoms with E-state index in [4.69, 9.17) is 0 Å². The van der Waals surface area contributed by atoms with Gasteiger partial charge in [-0.25, -0.2) is 17.8 Å². The van der Waals surface area contributed by atoms with Crippen molar-refractivity contribution < 1.29 is 22.3 Å². The van der Waals surface area contributed by atoms with E-state index in [1.807, 2.05) is 16.9 Å². The number of hydrogen-bond donors (Lipinski definition) is 1.